The molecule has 3 nitrogen and oxygen atoms in total. The number of halogens is 2. The maximum atomic E-state index is 12.4. The molecule has 0 amide bonds. The van der Waals surface area contributed by atoms with Crippen molar-refractivity contribution in [3.63, 3.8) is 0 Å². The fourth-order valence-corrected chi connectivity index (χ4v) is 3.37. The summed E-state index contributed by atoms with van der Waals surface area (Å²) in [6.07, 6.45) is 3.32. The molecular formula is C19H14Cl2N2OS. The number of carbonyl (C=O) groups is 1. The van der Waals surface area contributed by atoms with Gasteiger partial charge in [-0.05, 0) is 36.8 Å². The molecular weight excluding hydrogens is 375 g/mol. The highest BCUT2D eigenvalue weighted by Crippen LogP contribution is 2.31. The second kappa shape index (κ2) is 7.83. The molecule has 25 heavy (non-hydrogen) atoms. The molecule has 0 aliphatic rings. The number of thiazole rings is 1. The van der Waals surface area contributed by atoms with Gasteiger partial charge >= 0.3 is 0 Å². The summed E-state index contributed by atoms with van der Waals surface area (Å²) in [5.74, 6) is -0.136. The fourth-order valence-electron chi connectivity index (χ4n) is 2.20. The van der Waals surface area contributed by atoms with Crippen LogP contribution in [-0.2, 0) is 0 Å². The Morgan fingerprint density at radius 3 is 2.68 bits per heavy atom. The van der Waals surface area contributed by atoms with Crippen LogP contribution in [0.1, 0.15) is 20.9 Å². The lowest BCUT2D eigenvalue weighted by Crippen LogP contribution is -1.98. The maximum absolute atomic E-state index is 12.4. The van der Waals surface area contributed by atoms with Crippen molar-refractivity contribution in [1.29, 1.82) is 0 Å². The molecule has 0 atom stereocenters. The molecule has 126 valence electrons. The predicted molar refractivity (Wildman–Crippen MR) is 106 cm³/mol. The maximum Gasteiger partial charge on any atom is 0.205 e. The first kappa shape index (κ1) is 17.7. The Hall–Kier alpha value is -2.14. The molecule has 0 saturated heterocycles. The SMILES string of the molecule is Cc1sc(Nc2cc(Cl)ccc2Cl)nc1C(=O)C=Cc1ccccc1. The highest BCUT2D eigenvalue weighted by molar-refractivity contribution is 7.15. The van der Waals surface area contributed by atoms with E-state index in [1.807, 2.05) is 37.3 Å². The van der Waals surface area contributed by atoms with Crippen molar-refractivity contribution < 1.29 is 4.79 Å². The summed E-state index contributed by atoms with van der Waals surface area (Å²) in [5.41, 5.74) is 2.05. The van der Waals surface area contributed by atoms with Crippen LogP contribution >= 0.6 is 34.5 Å². The van der Waals surface area contributed by atoms with E-state index in [4.69, 9.17) is 23.2 Å². The zero-order valence-electron chi connectivity index (χ0n) is 13.3. The molecule has 0 aliphatic carbocycles. The number of aromatic nitrogens is 1. The summed E-state index contributed by atoms with van der Waals surface area (Å²) in [4.78, 5) is 17.6. The van der Waals surface area contributed by atoms with Gasteiger partial charge < -0.3 is 5.32 Å². The van der Waals surface area contributed by atoms with Crippen LogP contribution in [0.15, 0.2) is 54.6 Å². The van der Waals surface area contributed by atoms with Crippen LogP contribution in [0, 0.1) is 6.92 Å². The molecule has 1 heterocycles. The van der Waals surface area contributed by atoms with Gasteiger partial charge in [-0.25, -0.2) is 4.98 Å². The summed E-state index contributed by atoms with van der Waals surface area (Å²) in [6.45, 7) is 1.87. The number of nitrogens with one attached hydrogen (secondary N) is 1. The van der Waals surface area contributed by atoms with Crippen molar-refractivity contribution in [1.82, 2.24) is 4.98 Å². The highest BCUT2D eigenvalue weighted by atomic mass is 35.5. The van der Waals surface area contributed by atoms with Crippen LogP contribution in [0.5, 0.6) is 0 Å². The van der Waals surface area contributed by atoms with Crippen molar-refractivity contribution in [3.05, 3.63) is 80.8 Å². The van der Waals surface area contributed by atoms with E-state index in [1.165, 1.54) is 17.4 Å². The Balaban J connectivity index is 1.79. The van der Waals surface area contributed by atoms with Gasteiger partial charge in [-0.3, -0.25) is 4.79 Å². The number of carbonyl (C=O) groups excluding carboxylic acids is 1. The Labute approximate surface area is 159 Å². The first-order valence-electron chi connectivity index (χ1n) is 7.50. The third-order valence-electron chi connectivity index (χ3n) is 3.43. The van der Waals surface area contributed by atoms with Gasteiger partial charge in [0.1, 0.15) is 5.69 Å². The van der Waals surface area contributed by atoms with Gasteiger partial charge in [-0.15, -0.1) is 11.3 Å². The summed E-state index contributed by atoms with van der Waals surface area (Å²) >= 11 is 13.5. The lowest BCUT2D eigenvalue weighted by molar-refractivity contribution is 0.104. The topological polar surface area (TPSA) is 42.0 Å². The third-order valence-corrected chi connectivity index (χ3v) is 4.88. The largest absolute Gasteiger partial charge is 0.330 e. The van der Waals surface area contributed by atoms with Crippen molar-refractivity contribution >= 4 is 57.2 Å². The first-order valence-corrected chi connectivity index (χ1v) is 9.07. The summed E-state index contributed by atoms with van der Waals surface area (Å²) in [6, 6.07) is 14.8. The molecule has 6 heteroatoms. The van der Waals surface area contributed by atoms with E-state index in [0.717, 1.165) is 10.4 Å². The van der Waals surface area contributed by atoms with E-state index in [9.17, 15) is 4.79 Å². The number of aryl methyl sites for hydroxylation is 1. The van der Waals surface area contributed by atoms with Gasteiger partial charge in [0, 0.05) is 9.90 Å². The Kier molecular flexibility index (Phi) is 5.53. The third kappa shape index (κ3) is 4.48. The number of allylic oxidation sites excluding steroid dienone is 1. The number of rotatable bonds is 5. The molecule has 0 aliphatic heterocycles. The molecule has 0 saturated carbocycles. The van der Waals surface area contributed by atoms with Crippen molar-refractivity contribution in [2.24, 2.45) is 0 Å². The van der Waals surface area contributed by atoms with E-state index in [1.54, 1.807) is 24.3 Å². The average Bonchev–Trinajstić information content (AvgIpc) is 2.97. The van der Waals surface area contributed by atoms with Crippen LogP contribution in [-0.4, -0.2) is 10.8 Å². The smallest absolute Gasteiger partial charge is 0.205 e. The quantitative estimate of drug-likeness (QED) is 0.406. The Morgan fingerprint density at radius 2 is 1.92 bits per heavy atom. The van der Waals surface area contributed by atoms with E-state index in [0.29, 0.717) is 26.6 Å². The molecule has 2 aromatic carbocycles. The second-order valence-corrected chi connectivity index (χ2v) is 7.33. The molecule has 0 spiro atoms. The summed E-state index contributed by atoms with van der Waals surface area (Å²) < 4.78 is 0. The van der Waals surface area contributed by atoms with Gasteiger partial charge in [-0.2, -0.15) is 0 Å². The minimum atomic E-state index is -0.136. The monoisotopic (exact) mass is 388 g/mol. The Bertz CT molecular complexity index is 936. The normalized spacial score (nSPS) is 11.0. The van der Waals surface area contributed by atoms with Crippen LogP contribution < -0.4 is 5.32 Å². The Morgan fingerprint density at radius 1 is 1.16 bits per heavy atom. The van der Waals surface area contributed by atoms with Gasteiger partial charge in [-0.1, -0.05) is 59.6 Å². The van der Waals surface area contributed by atoms with Crippen molar-refractivity contribution in [2.45, 2.75) is 6.92 Å². The predicted octanol–water partition coefficient (Wildman–Crippen LogP) is 6.40. The minimum Gasteiger partial charge on any atom is -0.330 e. The molecule has 0 fully saturated rings. The van der Waals surface area contributed by atoms with Gasteiger partial charge in [0.05, 0.1) is 10.7 Å². The number of hydrogen-bond acceptors (Lipinski definition) is 4. The molecule has 0 unspecified atom stereocenters. The van der Waals surface area contributed by atoms with Gasteiger partial charge in [0.15, 0.2) is 5.13 Å². The van der Waals surface area contributed by atoms with E-state index in [2.05, 4.69) is 10.3 Å². The van der Waals surface area contributed by atoms with Gasteiger partial charge in [0.25, 0.3) is 0 Å². The van der Waals surface area contributed by atoms with Crippen LogP contribution in [0.2, 0.25) is 10.0 Å². The number of nitrogens with zero attached hydrogens (tertiary/aromatic N) is 1. The standard InChI is InChI=1S/C19H14Cl2N2OS/c1-12-18(17(24)10-7-13-5-3-2-4-6-13)23-19(25-12)22-16-11-14(20)8-9-15(16)21/h2-11H,1H3,(H,22,23). The zero-order chi connectivity index (χ0) is 17.8. The van der Waals surface area contributed by atoms with Crippen molar-refractivity contribution in [2.75, 3.05) is 5.32 Å². The lowest BCUT2D eigenvalue weighted by atomic mass is 10.1. The number of hydrogen-bond donors (Lipinski definition) is 1. The second-order valence-electron chi connectivity index (χ2n) is 5.28. The van der Waals surface area contributed by atoms with E-state index in [-0.39, 0.29) is 5.78 Å². The summed E-state index contributed by atoms with van der Waals surface area (Å²) in [5, 5.41) is 4.82. The van der Waals surface area contributed by atoms with Crippen LogP contribution in [0.25, 0.3) is 6.08 Å². The molecule has 3 aromatic rings. The van der Waals surface area contributed by atoms with Crippen molar-refractivity contribution in [3.8, 4) is 0 Å². The van der Waals surface area contributed by atoms with Crippen LogP contribution in [0.3, 0.4) is 0 Å². The average molecular weight is 389 g/mol. The first-order chi connectivity index (χ1) is 12.0. The molecule has 1 aromatic heterocycles. The molecule has 1 N–H and O–H groups in total. The van der Waals surface area contributed by atoms with E-state index >= 15 is 0 Å². The number of anilines is 2. The van der Waals surface area contributed by atoms with Gasteiger partial charge in [0.2, 0.25) is 5.78 Å². The highest BCUT2D eigenvalue weighted by Gasteiger charge is 2.14. The fraction of sp³-hybridized carbons (Fsp3) is 0.0526. The number of benzene rings is 2. The zero-order valence-corrected chi connectivity index (χ0v) is 15.6. The molecule has 0 bridgehead atoms. The minimum absolute atomic E-state index is 0.136. The molecule has 0 radical (unpaired) electrons. The molecule has 3 rings (SSSR count). The van der Waals surface area contributed by atoms with E-state index < -0.39 is 0 Å². The summed E-state index contributed by atoms with van der Waals surface area (Å²) in [7, 11) is 0. The number of ketones is 1. The van der Waals surface area contributed by atoms with Crippen LogP contribution in [0.4, 0.5) is 10.8 Å². The lowest BCUT2D eigenvalue weighted by Gasteiger charge is -2.05.